The van der Waals surface area contributed by atoms with Crippen molar-refractivity contribution < 1.29 is 0 Å². The fourth-order valence-corrected chi connectivity index (χ4v) is 9.39. The van der Waals surface area contributed by atoms with Gasteiger partial charge >= 0.3 is 99.6 Å². The Morgan fingerprint density at radius 3 is 1.29 bits per heavy atom. The molecule has 0 amide bonds. The van der Waals surface area contributed by atoms with Crippen LogP contribution in [0.15, 0.2) is 12.4 Å². The fraction of sp³-hybridized carbons (Fsp3) is 0.800. The van der Waals surface area contributed by atoms with Crippen molar-refractivity contribution in [1.29, 1.82) is 0 Å². The van der Waals surface area contributed by atoms with Crippen LogP contribution in [0, 0.1) is 0 Å². The maximum absolute atomic E-state index is 6.59. The molecule has 0 aromatic rings. The van der Waals surface area contributed by atoms with Crippen LogP contribution in [0.3, 0.4) is 0 Å². The number of halogens is 1. The third-order valence-electron chi connectivity index (χ3n) is 2.08. The SMILES string of the molecule is CC(C)(C)[N]1C=C[N](C(C)(C)C)[Sb]1[Cl]. The molecule has 0 atom stereocenters. The Morgan fingerprint density at radius 2 is 1.14 bits per heavy atom. The van der Waals surface area contributed by atoms with Crippen LogP contribution in [0.2, 0.25) is 0 Å². The summed E-state index contributed by atoms with van der Waals surface area (Å²) < 4.78 is 4.70. The molecule has 0 aromatic heterocycles. The molecule has 14 heavy (non-hydrogen) atoms. The zero-order valence-corrected chi connectivity index (χ0v) is 13.2. The summed E-state index contributed by atoms with van der Waals surface area (Å²) in [5, 5.41) is 0. The summed E-state index contributed by atoms with van der Waals surface area (Å²) in [5.41, 5.74) is 0.308. The molecule has 0 bridgehead atoms. The molecular formula is C10H20ClN2Sb. The van der Waals surface area contributed by atoms with Gasteiger partial charge in [-0.25, -0.2) is 0 Å². The molecule has 1 heterocycles. The molecule has 0 unspecified atom stereocenters. The standard InChI is InChI=1S/C10H20N2.ClH.Sb/c1-9(2,3)11-7-8-12-10(4,5)6;;/h7-8H,1-6H3;1H;/q-2;;+3/p-1. The Hall–Kier alpha value is 0.448. The van der Waals surface area contributed by atoms with E-state index in [-0.39, 0.29) is 11.1 Å². The van der Waals surface area contributed by atoms with Crippen molar-refractivity contribution in [3.05, 3.63) is 12.4 Å². The fourth-order valence-electron chi connectivity index (χ4n) is 1.28. The van der Waals surface area contributed by atoms with Gasteiger partial charge in [-0.3, -0.25) is 0 Å². The van der Waals surface area contributed by atoms with Crippen LogP contribution in [0.5, 0.6) is 0 Å². The first-order valence-corrected chi connectivity index (χ1v) is 10.4. The van der Waals surface area contributed by atoms with Gasteiger partial charge in [-0.05, 0) is 0 Å². The summed E-state index contributed by atoms with van der Waals surface area (Å²) in [6.45, 7) is 13.3. The van der Waals surface area contributed by atoms with Crippen LogP contribution in [-0.2, 0) is 0 Å². The molecule has 4 heteroatoms. The summed E-state index contributed by atoms with van der Waals surface area (Å²) in [6, 6.07) is 0. The van der Waals surface area contributed by atoms with Gasteiger partial charge in [-0.15, -0.1) is 0 Å². The van der Waals surface area contributed by atoms with E-state index >= 15 is 0 Å². The Bertz CT molecular complexity index is 215. The van der Waals surface area contributed by atoms with Crippen molar-refractivity contribution >= 4 is 28.5 Å². The second kappa shape index (κ2) is 3.79. The van der Waals surface area contributed by atoms with E-state index in [0.717, 1.165) is 0 Å². The number of nitrogens with zero attached hydrogens (tertiary/aromatic N) is 2. The van der Waals surface area contributed by atoms with Gasteiger partial charge in [0.25, 0.3) is 0 Å². The van der Waals surface area contributed by atoms with Gasteiger partial charge in [-0.2, -0.15) is 0 Å². The number of rotatable bonds is 0. The normalized spacial score (nSPS) is 19.6. The zero-order chi connectivity index (χ0) is 11.1. The van der Waals surface area contributed by atoms with Crippen LogP contribution >= 0.6 is 8.83 Å². The van der Waals surface area contributed by atoms with Crippen LogP contribution in [0.25, 0.3) is 0 Å². The molecule has 1 aliphatic rings. The molecule has 1 aliphatic heterocycles. The van der Waals surface area contributed by atoms with E-state index in [1.807, 2.05) is 0 Å². The topological polar surface area (TPSA) is 6.48 Å². The van der Waals surface area contributed by atoms with E-state index in [9.17, 15) is 0 Å². The molecular weight excluding hydrogens is 305 g/mol. The van der Waals surface area contributed by atoms with Crippen molar-refractivity contribution in [1.82, 2.24) is 6.12 Å². The Morgan fingerprint density at radius 1 is 0.857 bits per heavy atom. The van der Waals surface area contributed by atoms with Crippen molar-refractivity contribution in [3.63, 3.8) is 0 Å². The molecule has 0 N–H and O–H groups in total. The Labute approximate surface area is 99.3 Å². The molecule has 82 valence electrons. The summed E-state index contributed by atoms with van der Waals surface area (Å²) in [5.74, 6) is 0. The zero-order valence-electron chi connectivity index (χ0n) is 9.87. The molecule has 0 aliphatic carbocycles. The average Bonchev–Trinajstić information content (AvgIpc) is 2.26. The predicted octanol–water partition coefficient (Wildman–Crippen LogP) is 2.90. The number of hydrogen-bond acceptors (Lipinski definition) is 2. The Kier molecular flexibility index (Phi) is 3.39. The van der Waals surface area contributed by atoms with Gasteiger partial charge in [0.15, 0.2) is 0 Å². The van der Waals surface area contributed by atoms with Crippen molar-refractivity contribution in [2.75, 3.05) is 0 Å². The molecule has 0 radical (unpaired) electrons. The first kappa shape index (κ1) is 12.5. The third-order valence-corrected chi connectivity index (χ3v) is 10.5. The van der Waals surface area contributed by atoms with E-state index in [4.69, 9.17) is 8.83 Å². The summed E-state index contributed by atoms with van der Waals surface area (Å²) >= 11 is -1.96. The molecule has 0 saturated carbocycles. The first-order valence-electron chi connectivity index (χ1n) is 4.87. The van der Waals surface area contributed by atoms with E-state index in [1.54, 1.807) is 0 Å². The molecule has 0 fully saturated rings. The second-order valence-electron chi connectivity index (χ2n) is 5.57. The van der Waals surface area contributed by atoms with Gasteiger partial charge in [0.1, 0.15) is 0 Å². The molecule has 1 rings (SSSR count). The van der Waals surface area contributed by atoms with Crippen molar-refractivity contribution in [3.8, 4) is 0 Å². The van der Waals surface area contributed by atoms with Gasteiger partial charge in [0, 0.05) is 0 Å². The van der Waals surface area contributed by atoms with E-state index in [0.29, 0.717) is 0 Å². The van der Waals surface area contributed by atoms with Gasteiger partial charge in [0.05, 0.1) is 0 Å². The van der Waals surface area contributed by atoms with E-state index in [1.165, 1.54) is 0 Å². The van der Waals surface area contributed by atoms with Gasteiger partial charge in [0.2, 0.25) is 0 Å². The maximum atomic E-state index is 6.59. The second-order valence-corrected chi connectivity index (χ2v) is 11.4. The van der Waals surface area contributed by atoms with E-state index in [2.05, 4.69) is 60.1 Å². The van der Waals surface area contributed by atoms with E-state index < -0.39 is 19.6 Å². The quantitative estimate of drug-likeness (QED) is 0.632. The monoisotopic (exact) mass is 324 g/mol. The summed E-state index contributed by atoms with van der Waals surface area (Å²) in [7, 11) is 6.59. The van der Waals surface area contributed by atoms with Crippen LogP contribution < -0.4 is 0 Å². The van der Waals surface area contributed by atoms with Crippen LogP contribution in [0.1, 0.15) is 41.5 Å². The minimum atomic E-state index is -1.96. The van der Waals surface area contributed by atoms with Crippen LogP contribution in [0.4, 0.5) is 0 Å². The molecule has 0 saturated heterocycles. The average molecular weight is 325 g/mol. The van der Waals surface area contributed by atoms with Crippen molar-refractivity contribution in [2.24, 2.45) is 0 Å². The van der Waals surface area contributed by atoms with Gasteiger partial charge in [-0.1, -0.05) is 0 Å². The molecule has 2 nitrogen and oxygen atoms in total. The van der Waals surface area contributed by atoms with Gasteiger partial charge < -0.3 is 0 Å². The van der Waals surface area contributed by atoms with Crippen molar-refractivity contribution in [2.45, 2.75) is 52.6 Å². The minimum absolute atomic E-state index is 0.154. The summed E-state index contributed by atoms with van der Waals surface area (Å²) in [4.78, 5) is 0. The van der Waals surface area contributed by atoms with Crippen LogP contribution in [-0.4, -0.2) is 36.8 Å². The number of hydrogen-bond donors (Lipinski definition) is 0. The molecule has 0 aromatic carbocycles. The Balaban J connectivity index is 2.81. The third kappa shape index (κ3) is 2.52. The predicted molar refractivity (Wildman–Crippen MR) is 63.9 cm³/mol. The first-order chi connectivity index (χ1) is 6.14. The molecule has 0 spiro atoms. The summed E-state index contributed by atoms with van der Waals surface area (Å²) in [6.07, 6.45) is 4.31.